The molecule has 3 aromatic rings. The molecule has 6 nitrogen and oxygen atoms in total. The smallest absolute Gasteiger partial charge is 0.213 e. The number of ether oxygens (including phenoxy) is 2. The third kappa shape index (κ3) is 6.37. The normalized spacial score (nSPS) is 18.7. The van der Waals surface area contributed by atoms with Gasteiger partial charge in [-0.15, -0.1) is 5.92 Å². The fourth-order valence-corrected chi connectivity index (χ4v) is 6.93. The van der Waals surface area contributed by atoms with Gasteiger partial charge in [0.2, 0.25) is 5.88 Å². The van der Waals surface area contributed by atoms with E-state index in [0.717, 1.165) is 22.3 Å². The number of ketones is 1. The van der Waals surface area contributed by atoms with Gasteiger partial charge in [0.05, 0.1) is 17.4 Å². The Bertz CT molecular complexity index is 1540. The Labute approximate surface area is 234 Å². The molecule has 0 unspecified atom stereocenters. The van der Waals surface area contributed by atoms with Crippen LogP contribution in [0.1, 0.15) is 68.2 Å². The summed E-state index contributed by atoms with van der Waals surface area (Å²) in [6, 6.07) is 14.5. The summed E-state index contributed by atoms with van der Waals surface area (Å²) < 4.78 is 50.6. The number of carbonyl (C=O) groups excluding carboxylic acids is 1. The van der Waals surface area contributed by atoms with E-state index in [1.54, 1.807) is 32.2 Å². The molecule has 1 aromatic heterocycles. The zero-order valence-corrected chi connectivity index (χ0v) is 23.5. The molecule has 8 heteroatoms. The molecular formula is C32H32FNO5S. The molecule has 40 heavy (non-hydrogen) atoms. The molecular weight excluding hydrogens is 529 g/mol. The molecule has 0 saturated carbocycles. The highest BCUT2D eigenvalue weighted by Gasteiger charge is 2.30. The van der Waals surface area contributed by atoms with E-state index in [0.29, 0.717) is 49.3 Å². The van der Waals surface area contributed by atoms with Crippen molar-refractivity contribution in [1.29, 1.82) is 0 Å². The van der Waals surface area contributed by atoms with Gasteiger partial charge in [0.25, 0.3) is 0 Å². The molecule has 2 atom stereocenters. The quantitative estimate of drug-likeness (QED) is 0.314. The van der Waals surface area contributed by atoms with Gasteiger partial charge in [0.1, 0.15) is 29.6 Å². The Morgan fingerprint density at radius 2 is 1.80 bits per heavy atom. The van der Waals surface area contributed by atoms with Crippen molar-refractivity contribution in [3.63, 3.8) is 0 Å². The maximum Gasteiger partial charge on any atom is 0.213 e. The SMILES string of the molecule is CC#C[C@@H](CC(C)=O)c1ccc(O[C@@H]2CCc3c(-c4ccc(OC5CCS(=O)(=O)CC5)nc4)ccc(F)c32)cc1. The molecule has 0 N–H and O–H groups in total. The number of benzene rings is 2. The van der Waals surface area contributed by atoms with E-state index in [1.165, 1.54) is 6.07 Å². The van der Waals surface area contributed by atoms with Crippen LogP contribution in [0.15, 0.2) is 54.7 Å². The standard InChI is InChI=1S/C32H32FNO5S/c1-3-4-23(19-21(2)35)22-5-8-25(9-6-22)38-30-13-11-28-27(10-12-29(33)32(28)30)24-7-14-31(34-20-24)39-26-15-17-40(36,37)18-16-26/h5-10,12,14,20,23,26,30H,11,13,15-19H2,1-2H3/t23-,30+/m0/s1. The lowest BCUT2D eigenvalue weighted by atomic mass is 9.94. The maximum atomic E-state index is 15.1. The topological polar surface area (TPSA) is 82.6 Å². The van der Waals surface area contributed by atoms with E-state index in [1.807, 2.05) is 30.3 Å². The summed E-state index contributed by atoms with van der Waals surface area (Å²) in [5, 5.41) is 0. The molecule has 0 bridgehead atoms. The van der Waals surface area contributed by atoms with E-state index in [4.69, 9.17) is 9.47 Å². The van der Waals surface area contributed by atoms with E-state index in [9.17, 15) is 13.2 Å². The zero-order valence-electron chi connectivity index (χ0n) is 22.7. The largest absolute Gasteiger partial charge is 0.486 e. The van der Waals surface area contributed by atoms with E-state index >= 15 is 4.39 Å². The van der Waals surface area contributed by atoms with Crippen LogP contribution in [-0.2, 0) is 21.1 Å². The lowest BCUT2D eigenvalue weighted by Gasteiger charge is -2.22. The van der Waals surface area contributed by atoms with E-state index < -0.39 is 15.9 Å². The summed E-state index contributed by atoms with van der Waals surface area (Å²) in [6.07, 6.45) is 3.75. The average molecular weight is 562 g/mol. The van der Waals surface area contributed by atoms with E-state index in [-0.39, 0.29) is 35.1 Å². The van der Waals surface area contributed by atoms with Crippen molar-refractivity contribution in [2.24, 2.45) is 0 Å². The first-order valence-electron chi connectivity index (χ1n) is 13.6. The average Bonchev–Trinajstić information content (AvgIpc) is 3.35. The summed E-state index contributed by atoms with van der Waals surface area (Å²) in [4.78, 5) is 16.1. The molecule has 208 valence electrons. The minimum atomic E-state index is -2.95. The molecule has 2 heterocycles. The van der Waals surface area contributed by atoms with Gasteiger partial charge in [-0.2, -0.15) is 0 Å². The number of carbonyl (C=O) groups is 1. The third-order valence-electron chi connectivity index (χ3n) is 7.49. The molecule has 1 aliphatic carbocycles. The highest BCUT2D eigenvalue weighted by atomic mass is 32.2. The Balaban J connectivity index is 1.30. The third-order valence-corrected chi connectivity index (χ3v) is 9.21. The number of halogens is 1. The lowest BCUT2D eigenvalue weighted by molar-refractivity contribution is -0.117. The summed E-state index contributed by atoms with van der Waals surface area (Å²) in [6.45, 7) is 3.32. The van der Waals surface area contributed by atoms with Gasteiger partial charge in [-0.3, -0.25) is 4.79 Å². The van der Waals surface area contributed by atoms with Crippen LogP contribution in [0.25, 0.3) is 11.1 Å². The van der Waals surface area contributed by atoms with Gasteiger partial charge in [0.15, 0.2) is 9.84 Å². The molecule has 0 amide bonds. The highest BCUT2D eigenvalue weighted by molar-refractivity contribution is 7.91. The first-order chi connectivity index (χ1) is 19.2. The molecule has 5 rings (SSSR count). The first kappa shape index (κ1) is 27.9. The summed E-state index contributed by atoms with van der Waals surface area (Å²) >= 11 is 0. The second kappa shape index (κ2) is 11.8. The Morgan fingerprint density at radius 3 is 2.45 bits per heavy atom. The number of rotatable bonds is 8. The number of hydrogen-bond acceptors (Lipinski definition) is 6. The van der Waals surface area contributed by atoms with Gasteiger partial charge in [0, 0.05) is 29.8 Å². The van der Waals surface area contributed by atoms with Crippen LogP contribution in [0.5, 0.6) is 11.6 Å². The summed E-state index contributed by atoms with van der Waals surface area (Å²) in [5.41, 5.74) is 4.19. The molecule has 2 aromatic carbocycles. The number of Topliss-reactive ketones (excluding diaryl/α,β-unsaturated/α-hetero) is 1. The van der Waals surface area contributed by atoms with Crippen molar-refractivity contribution >= 4 is 15.6 Å². The predicted molar refractivity (Wildman–Crippen MR) is 152 cm³/mol. The maximum absolute atomic E-state index is 15.1. The Hall–Kier alpha value is -3.70. The van der Waals surface area contributed by atoms with Gasteiger partial charge in [-0.1, -0.05) is 24.1 Å². The minimum absolute atomic E-state index is 0.0844. The number of nitrogens with zero attached hydrogens (tertiary/aromatic N) is 1. The zero-order chi connectivity index (χ0) is 28.3. The van der Waals surface area contributed by atoms with Crippen molar-refractivity contribution in [2.75, 3.05) is 11.5 Å². The molecule has 1 saturated heterocycles. The highest BCUT2D eigenvalue weighted by Crippen LogP contribution is 2.42. The van der Waals surface area contributed by atoms with Crippen LogP contribution in [-0.4, -0.2) is 36.8 Å². The van der Waals surface area contributed by atoms with Crippen molar-refractivity contribution in [3.8, 4) is 34.6 Å². The molecule has 0 spiro atoms. The van der Waals surface area contributed by atoms with Gasteiger partial charge < -0.3 is 9.47 Å². The van der Waals surface area contributed by atoms with Crippen molar-refractivity contribution in [2.45, 2.75) is 64.1 Å². The van der Waals surface area contributed by atoms with Crippen LogP contribution in [0, 0.1) is 17.7 Å². The van der Waals surface area contributed by atoms with Crippen LogP contribution < -0.4 is 9.47 Å². The first-order valence-corrected chi connectivity index (χ1v) is 15.4. The number of aromatic nitrogens is 1. The summed E-state index contributed by atoms with van der Waals surface area (Å²) in [5.74, 6) is 6.99. The van der Waals surface area contributed by atoms with Crippen molar-refractivity contribution < 1.29 is 27.1 Å². The van der Waals surface area contributed by atoms with Gasteiger partial charge >= 0.3 is 0 Å². The Morgan fingerprint density at radius 1 is 1.05 bits per heavy atom. The Kier molecular flexibility index (Phi) is 8.22. The van der Waals surface area contributed by atoms with Gasteiger partial charge in [-0.05, 0) is 80.5 Å². The van der Waals surface area contributed by atoms with Crippen molar-refractivity contribution in [1.82, 2.24) is 4.98 Å². The van der Waals surface area contributed by atoms with Crippen LogP contribution in [0.2, 0.25) is 0 Å². The van der Waals surface area contributed by atoms with Crippen LogP contribution in [0.4, 0.5) is 4.39 Å². The van der Waals surface area contributed by atoms with Crippen LogP contribution in [0.3, 0.4) is 0 Å². The molecule has 2 aliphatic rings. The van der Waals surface area contributed by atoms with E-state index in [2.05, 4.69) is 16.8 Å². The molecule has 1 fully saturated rings. The number of hydrogen-bond donors (Lipinski definition) is 0. The van der Waals surface area contributed by atoms with Gasteiger partial charge in [-0.25, -0.2) is 17.8 Å². The minimum Gasteiger partial charge on any atom is -0.486 e. The summed E-state index contributed by atoms with van der Waals surface area (Å²) in [7, 11) is -2.95. The molecule has 1 aliphatic heterocycles. The molecule has 0 radical (unpaired) electrons. The second-order valence-electron chi connectivity index (χ2n) is 10.4. The number of sulfone groups is 1. The second-order valence-corrected chi connectivity index (χ2v) is 12.7. The number of fused-ring (bicyclic) bond motifs is 1. The lowest BCUT2D eigenvalue weighted by Crippen LogP contribution is -2.30. The monoisotopic (exact) mass is 561 g/mol. The number of pyridine rings is 1. The fourth-order valence-electron chi connectivity index (χ4n) is 5.48. The fraction of sp³-hybridized carbons (Fsp3) is 0.375. The van der Waals surface area contributed by atoms with Crippen LogP contribution >= 0.6 is 0 Å². The van der Waals surface area contributed by atoms with Crippen molar-refractivity contribution in [3.05, 3.63) is 77.2 Å². The predicted octanol–water partition coefficient (Wildman–Crippen LogP) is 6.00.